The minimum Gasteiger partial charge on any atom is -0.497 e. The molecule has 1 aromatic rings. The molecule has 0 spiro atoms. The average Bonchev–Trinajstić information content (AvgIpc) is 3.00. The van der Waals surface area contributed by atoms with Gasteiger partial charge in [-0.15, -0.1) is 0 Å². The molecule has 1 aromatic carbocycles. The van der Waals surface area contributed by atoms with Crippen molar-refractivity contribution in [3.05, 3.63) is 23.8 Å². The van der Waals surface area contributed by atoms with Gasteiger partial charge in [0.1, 0.15) is 11.5 Å². The number of ether oxygens (including phenoxy) is 2. The summed E-state index contributed by atoms with van der Waals surface area (Å²) in [5, 5.41) is 0. The number of hydrogen-bond donors (Lipinski definition) is 0. The van der Waals surface area contributed by atoms with Gasteiger partial charge >= 0.3 is 0 Å². The van der Waals surface area contributed by atoms with Gasteiger partial charge in [-0.3, -0.25) is 4.79 Å². The molecule has 2 rings (SSSR count). The summed E-state index contributed by atoms with van der Waals surface area (Å²) in [5.41, 5.74) is 1.00. The minimum absolute atomic E-state index is 0.212. The fraction of sp³-hybridized carbons (Fsp3) is 0.562. The number of amides is 1. The minimum atomic E-state index is 0.212. The Morgan fingerprint density at radius 3 is 2.55 bits per heavy atom. The van der Waals surface area contributed by atoms with Crippen molar-refractivity contribution in [3.63, 3.8) is 0 Å². The van der Waals surface area contributed by atoms with Crippen molar-refractivity contribution in [3.8, 4) is 11.5 Å². The predicted molar refractivity (Wildman–Crippen MR) is 78.0 cm³/mol. The van der Waals surface area contributed by atoms with Gasteiger partial charge in [0.05, 0.1) is 14.2 Å². The molecule has 0 bridgehead atoms. The Bertz CT molecular complexity index is 467. The maximum absolute atomic E-state index is 12.3. The molecule has 0 N–H and O–H groups in total. The SMILES string of the molecule is COc1ccc(CN(C)C(=O)C2CCCC2)c(OC)c1. The van der Waals surface area contributed by atoms with Crippen LogP contribution in [0, 0.1) is 5.92 Å². The van der Waals surface area contributed by atoms with Gasteiger partial charge in [-0.05, 0) is 25.0 Å². The van der Waals surface area contributed by atoms with Gasteiger partial charge in [0.2, 0.25) is 5.91 Å². The Kier molecular flexibility index (Phi) is 4.88. The lowest BCUT2D eigenvalue weighted by atomic mass is 10.1. The van der Waals surface area contributed by atoms with Gasteiger partial charge in [0.25, 0.3) is 0 Å². The highest BCUT2D eigenvalue weighted by Crippen LogP contribution is 2.29. The van der Waals surface area contributed by atoms with Crippen LogP contribution in [0.5, 0.6) is 11.5 Å². The highest BCUT2D eigenvalue weighted by molar-refractivity contribution is 5.78. The van der Waals surface area contributed by atoms with E-state index < -0.39 is 0 Å². The average molecular weight is 277 g/mol. The molecular weight excluding hydrogens is 254 g/mol. The molecule has 0 heterocycles. The summed E-state index contributed by atoms with van der Waals surface area (Å²) < 4.78 is 10.6. The van der Waals surface area contributed by atoms with E-state index in [2.05, 4.69) is 0 Å². The van der Waals surface area contributed by atoms with E-state index in [1.807, 2.05) is 25.2 Å². The third-order valence-corrected chi connectivity index (χ3v) is 3.98. The van der Waals surface area contributed by atoms with Crippen molar-refractivity contribution >= 4 is 5.91 Å². The summed E-state index contributed by atoms with van der Waals surface area (Å²) in [6, 6.07) is 5.70. The molecule has 1 amide bonds. The zero-order valence-corrected chi connectivity index (χ0v) is 12.5. The van der Waals surface area contributed by atoms with Crippen molar-refractivity contribution in [2.24, 2.45) is 5.92 Å². The number of rotatable bonds is 5. The summed E-state index contributed by atoms with van der Waals surface area (Å²) in [6.45, 7) is 0.572. The van der Waals surface area contributed by atoms with Crippen LogP contribution in [0.2, 0.25) is 0 Å². The van der Waals surface area contributed by atoms with Crippen molar-refractivity contribution in [1.82, 2.24) is 4.90 Å². The van der Waals surface area contributed by atoms with Crippen LogP contribution >= 0.6 is 0 Å². The predicted octanol–water partition coefficient (Wildman–Crippen LogP) is 2.85. The molecule has 1 aliphatic rings. The molecule has 1 fully saturated rings. The van der Waals surface area contributed by atoms with E-state index in [1.165, 1.54) is 12.8 Å². The van der Waals surface area contributed by atoms with Gasteiger partial charge in [0.15, 0.2) is 0 Å². The Balaban J connectivity index is 2.06. The number of methoxy groups -OCH3 is 2. The summed E-state index contributed by atoms with van der Waals surface area (Å²) in [7, 11) is 5.13. The molecule has 1 aliphatic carbocycles. The standard InChI is InChI=1S/C16H23NO3/c1-17(16(18)12-6-4-5-7-12)11-13-8-9-14(19-2)10-15(13)20-3/h8-10,12H,4-7,11H2,1-3H3. The summed E-state index contributed by atoms with van der Waals surface area (Å²) in [6.07, 6.45) is 4.41. The smallest absolute Gasteiger partial charge is 0.225 e. The highest BCUT2D eigenvalue weighted by atomic mass is 16.5. The van der Waals surface area contributed by atoms with E-state index >= 15 is 0 Å². The van der Waals surface area contributed by atoms with Crippen LogP contribution in [-0.2, 0) is 11.3 Å². The van der Waals surface area contributed by atoms with E-state index in [-0.39, 0.29) is 11.8 Å². The van der Waals surface area contributed by atoms with Crippen molar-refractivity contribution in [2.75, 3.05) is 21.3 Å². The molecule has 0 radical (unpaired) electrons. The normalized spacial score (nSPS) is 15.2. The fourth-order valence-electron chi connectivity index (χ4n) is 2.80. The summed E-state index contributed by atoms with van der Waals surface area (Å²) >= 11 is 0. The van der Waals surface area contributed by atoms with E-state index in [9.17, 15) is 4.79 Å². The van der Waals surface area contributed by atoms with Gasteiger partial charge in [-0.25, -0.2) is 0 Å². The molecule has 1 saturated carbocycles. The van der Waals surface area contributed by atoms with Gasteiger partial charge in [-0.1, -0.05) is 12.8 Å². The number of hydrogen-bond acceptors (Lipinski definition) is 3. The van der Waals surface area contributed by atoms with Crippen LogP contribution in [0.3, 0.4) is 0 Å². The first-order chi connectivity index (χ1) is 9.65. The molecule has 20 heavy (non-hydrogen) atoms. The highest BCUT2D eigenvalue weighted by Gasteiger charge is 2.25. The molecule has 0 aliphatic heterocycles. The molecule has 0 unspecified atom stereocenters. The number of carbonyl (C=O) groups is 1. The molecule has 0 atom stereocenters. The van der Waals surface area contributed by atoms with Crippen LogP contribution in [0.1, 0.15) is 31.2 Å². The van der Waals surface area contributed by atoms with Crippen molar-refractivity contribution in [1.29, 1.82) is 0 Å². The fourth-order valence-corrected chi connectivity index (χ4v) is 2.80. The van der Waals surface area contributed by atoms with E-state index in [4.69, 9.17) is 9.47 Å². The Hall–Kier alpha value is -1.71. The second kappa shape index (κ2) is 6.64. The van der Waals surface area contributed by atoms with Crippen LogP contribution in [-0.4, -0.2) is 32.1 Å². The van der Waals surface area contributed by atoms with Crippen LogP contribution in [0.25, 0.3) is 0 Å². The second-order valence-corrected chi connectivity index (χ2v) is 5.35. The largest absolute Gasteiger partial charge is 0.497 e. The van der Waals surface area contributed by atoms with E-state index in [0.717, 1.165) is 29.9 Å². The Morgan fingerprint density at radius 2 is 1.95 bits per heavy atom. The van der Waals surface area contributed by atoms with Gasteiger partial charge in [-0.2, -0.15) is 0 Å². The van der Waals surface area contributed by atoms with E-state index in [1.54, 1.807) is 19.1 Å². The van der Waals surface area contributed by atoms with Crippen molar-refractivity contribution in [2.45, 2.75) is 32.2 Å². The van der Waals surface area contributed by atoms with E-state index in [0.29, 0.717) is 6.54 Å². The molecule has 0 saturated heterocycles. The Labute approximate surface area is 120 Å². The lowest BCUT2D eigenvalue weighted by molar-refractivity contribution is -0.134. The first-order valence-electron chi connectivity index (χ1n) is 7.11. The second-order valence-electron chi connectivity index (χ2n) is 5.35. The maximum atomic E-state index is 12.3. The lowest BCUT2D eigenvalue weighted by Gasteiger charge is -2.22. The summed E-state index contributed by atoms with van der Waals surface area (Å²) in [4.78, 5) is 14.1. The number of nitrogens with zero attached hydrogens (tertiary/aromatic N) is 1. The first-order valence-corrected chi connectivity index (χ1v) is 7.11. The van der Waals surface area contributed by atoms with Gasteiger partial charge in [0, 0.05) is 31.1 Å². The monoisotopic (exact) mass is 277 g/mol. The third-order valence-electron chi connectivity index (χ3n) is 3.98. The van der Waals surface area contributed by atoms with Crippen LogP contribution in [0.4, 0.5) is 0 Å². The maximum Gasteiger partial charge on any atom is 0.225 e. The quantitative estimate of drug-likeness (QED) is 0.830. The molecule has 4 heteroatoms. The van der Waals surface area contributed by atoms with Gasteiger partial charge < -0.3 is 14.4 Å². The molecule has 4 nitrogen and oxygen atoms in total. The lowest BCUT2D eigenvalue weighted by Crippen LogP contribution is -2.31. The third kappa shape index (κ3) is 3.24. The molecular formula is C16H23NO3. The zero-order valence-electron chi connectivity index (χ0n) is 12.5. The molecule has 110 valence electrons. The zero-order chi connectivity index (χ0) is 14.5. The molecule has 0 aromatic heterocycles. The number of benzene rings is 1. The topological polar surface area (TPSA) is 38.8 Å². The van der Waals surface area contributed by atoms with Crippen LogP contribution < -0.4 is 9.47 Å². The number of carbonyl (C=O) groups excluding carboxylic acids is 1. The van der Waals surface area contributed by atoms with Crippen molar-refractivity contribution < 1.29 is 14.3 Å². The Morgan fingerprint density at radius 1 is 1.25 bits per heavy atom. The van der Waals surface area contributed by atoms with Crippen LogP contribution in [0.15, 0.2) is 18.2 Å². The first kappa shape index (κ1) is 14.7. The summed E-state index contributed by atoms with van der Waals surface area (Å²) in [5.74, 6) is 1.98.